The van der Waals surface area contributed by atoms with Crippen LogP contribution in [0.4, 0.5) is 0 Å². The van der Waals surface area contributed by atoms with Crippen LogP contribution in [0, 0.1) is 6.92 Å². The van der Waals surface area contributed by atoms with E-state index in [-0.39, 0.29) is 11.6 Å². The van der Waals surface area contributed by atoms with E-state index in [4.69, 9.17) is 9.72 Å². The number of ether oxygens (including phenoxy) is 1. The molecule has 0 bridgehead atoms. The number of rotatable bonds is 4. The molecule has 0 aliphatic carbocycles. The number of thiophene rings is 1. The summed E-state index contributed by atoms with van der Waals surface area (Å²) in [5, 5.41) is 0.480. The first-order valence-corrected chi connectivity index (χ1v) is 10.3. The fraction of sp³-hybridized carbons (Fsp3) is 0.381. The molecule has 7 heteroatoms. The third kappa shape index (κ3) is 3.25. The summed E-state index contributed by atoms with van der Waals surface area (Å²) >= 11 is 1.23. The number of nitrogens with one attached hydrogen (secondary N) is 1. The third-order valence-corrected chi connectivity index (χ3v) is 6.55. The molecule has 0 amide bonds. The van der Waals surface area contributed by atoms with Crippen LogP contribution in [0.15, 0.2) is 29.1 Å². The first-order chi connectivity index (χ1) is 13.5. The van der Waals surface area contributed by atoms with Gasteiger partial charge in [0, 0.05) is 13.1 Å². The molecule has 1 aliphatic heterocycles. The minimum Gasteiger partial charge on any atom is -0.462 e. The normalized spacial score (nSPS) is 15.4. The minimum atomic E-state index is -0.398. The summed E-state index contributed by atoms with van der Waals surface area (Å²) in [5.41, 5.74) is 3.14. The molecule has 0 radical (unpaired) electrons. The summed E-state index contributed by atoms with van der Waals surface area (Å²) < 4.78 is 5.11. The number of aryl methyl sites for hydroxylation is 1. The van der Waals surface area contributed by atoms with Crippen molar-refractivity contribution in [3.05, 3.63) is 62.0 Å². The molecule has 3 aromatic rings. The van der Waals surface area contributed by atoms with Crippen molar-refractivity contribution in [2.75, 3.05) is 13.2 Å². The van der Waals surface area contributed by atoms with Gasteiger partial charge in [-0.15, -0.1) is 11.3 Å². The predicted octanol–water partition coefficient (Wildman–Crippen LogP) is 3.59. The fourth-order valence-electron chi connectivity index (χ4n) is 3.77. The maximum Gasteiger partial charge on any atom is 0.348 e. The lowest BCUT2D eigenvalue weighted by molar-refractivity contribution is 0.0531. The zero-order valence-corrected chi connectivity index (χ0v) is 17.1. The number of aromatic nitrogens is 2. The van der Waals surface area contributed by atoms with Crippen LogP contribution in [0.5, 0.6) is 0 Å². The number of fused-ring (bicyclic) bond motifs is 2. The molecule has 0 saturated heterocycles. The lowest BCUT2D eigenvalue weighted by atomic mass is 9.99. The van der Waals surface area contributed by atoms with Crippen molar-refractivity contribution in [3.63, 3.8) is 0 Å². The molecule has 28 heavy (non-hydrogen) atoms. The van der Waals surface area contributed by atoms with Gasteiger partial charge in [0.05, 0.1) is 18.0 Å². The number of benzene rings is 1. The van der Waals surface area contributed by atoms with Crippen molar-refractivity contribution in [1.82, 2.24) is 14.9 Å². The van der Waals surface area contributed by atoms with E-state index >= 15 is 0 Å². The first kappa shape index (κ1) is 18.8. The van der Waals surface area contributed by atoms with Crippen molar-refractivity contribution < 1.29 is 9.53 Å². The largest absolute Gasteiger partial charge is 0.462 e. The Morgan fingerprint density at radius 2 is 2.11 bits per heavy atom. The quantitative estimate of drug-likeness (QED) is 0.681. The van der Waals surface area contributed by atoms with Gasteiger partial charge in [-0.1, -0.05) is 24.3 Å². The average molecular weight is 398 g/mol. The molecule has 0 fully saturated rings. The van der Waals surface area contributed by atoms with Crippen molar-refractivity contribution >= 4 is 27.5 Å². The molecule has 1 N–H and O–H groups in total. The number of hydrogen-bond acceptors (Lipinski definition) is 6. The lowest BCUT2D eigenvalue weighted by Gasteiger charge is -2.33. The SMILES string of the molecule is CCOC(=O)c1sc2nc(C(C)N3CCc4ccccc4C3)[nH]c(=O)c2c1C. The Hall–Kier alpha value is -2.51. The van der Waals surface area contributed by atoms with Crippen LogP contribution >= 0.6 is 11.3 Å². The molecule has 2 aromatic heterocycles. The molecule has 1 aliphatic rings. The van der Waals surface area contributed by atoms with Crippen LogP contribution in [0.3, 0.4) is 0 Å². The van der Waals surface area contributed by atoms with Crippen LogP contribution in [0.2, 0.25) is 0 Å². The van der Waals surface area contributed by atoms with Gasteiger partial charge in [-0.3, -0.25) is 9.69 Å². The van der Waals surface area contributed by atoms with Gasteiger partial charge in [-0.2, -0.15) is 0 Å². The number of hydrogen-bond donors (Lipinski definition) is 1. The van der Waals surface area contributed by atoms with Crippen LogP contribution in [-0.2, 0) is 17.7 Å². The molecular formula is C21H23N3O3S. The van der Waals surface area contributed by atoms with Crippen LogP contribution in [0.1, 0.15) is 52.1 Å². The van der Waals surface area contributed by atoms with Gasteiger partial charge in [0.2, 0.25) is 0 Å². The predicted molar refractivity (Wildman–Crippen MR) is 110 cm³/mol. The minimum absolute atomic E-state index is 0.0288. The second-order valence-electron chi connectivity index (χ2n) is 7.07. The Bertz CT molecular complexity index is 1100. The highest BCUT2D eigenvalue weighted by Crippen LogP contribution is 2.30. The van der Waals surface area contributed by atoms with Crippen molar-refractivity contribution in [2.45, 2.75) is 39.8 Å². The maximum absolute atomic E-state index is 12.7. The Morgan fingerprint density at radius 1 is 1.36 bits per heavy atom. The van der Waals surface area contributed by atoms with Crippen molar-refractivity contribution in [2.24, 2.45) is 0 Å². The van der Waals surface area contributed by atoms with Gasteiger partial charge in [0.25, 0.3) is 5.56 Å². The van der Waals surface area contributed by atoms with E-state index in [2.05, 4.69) is 41.1 Å². The monoisotopic (exact) mass is 397 g/mol. The van der Waals surface area contributed by atoms with Gasteiger partial charge < -0.3 is 9.72 Å². The average Bonchev–Trinajstić information content (AvgIpc) is 3.04. The van der Waals surface area contributed by atoms with E-state index < -0.39 is 5.97 Å². The fourth-order valence-corrected chi connectivity index (χ4v) is 4.85. The lowest BCUT2D eigenvalue weighted by Crippen LogP contribution is -2.34. The Balaban J connectivity index is 1.68. The molecule has 1 atom stereocenters. The smallest absolute Gasteiger partial charge is 0.348 e. The van der Waals surface area contributed by atoms with E-state index in [9.17, 15) is 9.59 Å². The van der Waals surface area contributed by atoms with E-state index in [1.807, 2.05) is 0 Å². The standard InChI is InChI=1S/C21H23N3O3S/c1-4-27-21(26)17-12(2)16-19(25)22-18(23-20(16)28-17)13(3)24-10-9-14-7-5-6-8-15(14)11-24/h5-8,13H,4,9-11H2,1-3H3,(H,22,23,25). The molecule has 1 unspecified atom stereocenters. The van der Waals surface area contributed by atoms with Gasteiger partial charge in [-0.05, 0) is 43.9 Å². The molecule has 0 spiro atoms. The van der Waals surface area contributed by atoms with Crippen LogP contribution < -0.4 is 5.56 Å². The number of nitrogens with zero attached hydrogens (tertiary/aromatic N) is 2. The first-order valence-electron chi connectivity index (χ1n) is 9.50. The number of carbonyl (C=O) groups is 1. The summed E-state index contributed by atoms with van der Waals surface area (Å²) in [6, 6.07) is 8.44. The van der Waals surface area contributed by atoms with E-state index in [0.29, 0.717) is 33.1 Å². The Labute approximate surface area is 167 Å². The molecule has 0 saturated carbocycles. The highest BCUT2D eigenvalue weighted by atomic mass is 32.1. The van der Waals surface area contributed by atoms with Gasteiger partial charge >= 0.3 is 5.97 Å². The highest BCUT2D eigenvalue weighted by molar-refractivity contribution is 7.20. The second-order valence-corrected chi connectivity index (χ2v) is 8.07. The molecule has 4 rings (SSSR count). The van der Waals surface area contributed by atoms with Gasteiger partial charge in [0.1, 0.15) is 15.5 Å². The van der Waals surface area contributed by atoms with Crippen LogP contribution in [-0.4, -0.2) is 34.0 Å². The molecular weight excluding hydrogens is 374 g/mol. The van der Waals surface area contributed by atoms with E-state index in [0.717, 1.165) is 19.5 Å². The zero-order chi connectivity index (χ0) is 19.8. The number of H-pyrrole nitrogens is 1. The van der Waals surface area contributed by atoms with Crippen LogP contribution in [0.25, 0.3) is 10.2 Å². The molecule has 146 valence electrons. The number of carbonyl (C=O) groups excluding carboxylic acids is 1. The van der Waals surface area contributed by atoms with Gasteiger partial charge in [-0.25, -0.2) is 9.78 Å². The van der Waals surface area contributed by atoms with Crippen molar-refractivity contribution in [3.8, 4) is 0 Å². The van der Waals surface area contributed by atoms with Crippen molar-refractivity contribution in [1.29, 1.82) is 0 Å². The summed E-state index contributed by atoms with van der Waals surface area (Å²) in [4.78, 5) is 35.9. The number of aromatic amines is 1. The third-order valence-electron chi connectivity index (χ3n) is 5.38. The number of esters is 1. The second kappa shape index (κ2) is 7.48. The Morgan fingerprint density at radius 3 is 2.86 bits per heavy atom. The molecule has 3 heterocycles. The summed E-state index contributed by atoms with van der Waals surface area (Å²) in [5.74, 6) is 0.234. The topological polar surface area (TPSA) is 75.3 Å². The van der Waals surface area contributed by atoms with E-state index in [1.165, 1.54) is 22.5 Å². The van der Waals surface area contributed by atoms with Gasteiger partial charge in [0.15, 0.2) is 0 Å². The molecule has 6 nitrogen and oxygen atoms in total. The summed E-state index contributed by atoms with van der Waals surface area (Å²) in [6.07, 6.45) is 0.984. The summed E-state index contributed by atoms with van der Waals surface area (Å²) in [7, 11) is 0. The maximum atomic E-state index is 12.7. The highest BCUT2D eigenvalue weighted by Gasteiger charge is 2.25. The summed E-state index contributed by atoms with van der Waals surface area (Å²) in [6.45, 7) is 7.64. The Kier molecular flexibility index (Phi) is 5.03. The molecule has 1 aromatic carbocycles. The zero-order valence-electron chi connectivity index (χ0n) is 16.2. The van der Waals surface area contributed by atoms with E-state index in [1.54, 1.807) is 13.8 Å².